The Hall–Kier alpha value is -3.00. The Morgan fingerprint density at radius 3 is 2.81 bits per heavy atom. The van der Waals surface area contributed by atoms with Crippen molar-refractivity contribution >= 4 is 23.3 Å². The fourth-order valence-corrected chi connectivity index (χ4v) is 2.22. The highest BCUT2D eigenvalue weighted by Gasteiger charge is 2.21. The Balaban J connectivity index is 1.75. The zero-order chi connectivity index (χ0) is 18.7. The average Bonchev–Trinajstić information content (AvgIpc) is 2.97. The first-order valence-electron chi connectivity index (χ1n) is 7.40. The third kappa shape index (κ3) is 3.97. The Morgan fingerprint density at radius 2 is 2.12 bits per heavy atom. The monoisotopic (exact) mass is 379 g/mol. The van der Waals surface area contributed by atoms with Crippen molar-refractivity contribution in [3.05, 3.63) is 70.2 Å². The van der Waals surface area contributed by atoms with Gasteiger partial charge in [-0.2, -0.15) is 0 Å². The van der Waals surface area contributed by atoms with E-state index in [4.69, 9.17) is 20.9 Å². The predicted molar refractivity (Wildman–Crippen MR) is 89.1 cm³/mol. The number of benzene rings is 1. The second-order valence-corrected chi connectivity index (χ2v) is 5.68. The first-order chi connectivity index (χ1) is 12.4. The molecule has 0 aliphatic carbocycles. The van der Waals surface area contributed by atoms with Crippen LogP contribution in [0.1, 0.15) is 21.8 Å². The van der Waals surface area contributed by atoms with Crippen LogP contribution in [0.3, 0.4) is 0 Å². The van der Waals surface area contributed by atoms with Gasteiger partial charge in [0, 0.05) is 12.3 Å². The molecule has 0 atom stereocenters. The summed E-state index contributed by atoms with van der Waals surface area (Å²) < 4.78 is 36.9. The number of nitrogens with one attached hydrogen (secondary N) is 1. The number of rotatable bonds is 5. The number of ether oxygens (including phenoxy) is 1. The van der Waals surface area contributed by atoms with Gasteiger partial charge in [-0.05, 0) is 31.2 Å². The lowest BCUT2D eigenvalue weighted by atomic mass is 10.2. The molecule has 0 saturated carbocycles. The molecule has 0 bridgehead atoms. The minimum atomic E-state index is -0.851. The maximum atomic E-state index is 13.7. The molecule has 0 saturated heterocycles. The molecule has 3 aromatic rings. The van der Waals surface area contributed by atoms with Crippen LogP contribution in [0.15, 0.2) is 41.1 Å². The average molecular weight is 380 g/mol. The highest BCUT2D eigenvalue weighted by Crippen LogP contribution is 2.22. The lowest BCUT2D eigenvalue weighted by molar-refractivity contribution is 0.101. The van der Waals surface area contributed by atoms with E-state index in [0.29, 0.717) is 22.4 Å². The van der Waals surface area contributed by atoms with Crippen molar-refractivity contribution in [2.75, 3.05) is 5.32 Å². The number of carbonyl (C=O) groups is 1. The molecule has 134 valence electrons. The van der Waals surface area contributed by atoms with E-state index in [2.05, 4.69) is 15.5 Å². The highest BCUT2D eigenvalue weighted by atomic mass is 35.5. The Bertz CT molecular complexity index is 945. The van der Waals surface area contributed by atoms with Gasteiger partial charge in [0.05, 0.1) is 10.6 Å². The second kappa shape index (κ2) is 7.49. The number of hydrogen-bond acceptors (Lipinski definition) is 5. The topological polar surface area (TPSA) is 77.3 Å². The largest absolute Gasteiger partial charge is 0.486 e. The number of nitrogens with zero attached hydrogens (tertiary/aromatic N) is 2. The van der Waals surface area contributed by atoms with Gasteiger partial charge >= 0.3 is 0 Å². The zero-order valence-electron chi connectivity index (χ0n) is 13.4. The molecule has 0 radical (unpaired) electrons. The summed E-state index contributed by atoms with van der Waals surface area (Å²) in [4.78, 5) is 16.3. The third-order valence-corrected chi connectivity index (χ3v) is 3.66. The van der Waals surface area contributed by atoms with Gasteiger partial charge in [0.1, 0.15) is 24.0 Å². The fraction of sp³-hybridized carbons (Fsp3) is 0.118. The summed E-state index contributed by atoms with van der Waals surface area (Å²) in [6.07, 6.45) is 1.38. The van der Waals surface area contributed by atoms with E-state index >= 15 is 0 Å². The van der Waals surface area contributed by atoms with Gasteiger partial charge in [0.15, 0.2) is 17.3 Å². The molecule has 1 amide bonds. The van der Waals surface area contributed by atoms with Crippen molar-refractivity contribution in [3.8, 4) is 5.75 Å². The molecule has 2 aromatic heterocycles. The molecule has 6 nitrogen and oxygen atoms in total. The molecule has 0 fully saturated rings. The summed E-state index contributed by atoms with van der Waals surface area (Å²) in [5.74, 6) is -1.69. The summed E-state index contributed by atoms with van der Waals surface area (Å²) in [7, 11) is 0. The van der Waals surface area contributed by atoms with E-state index < -0.39 is 17.5 Å². The standard InChI is InChI=1S/C17H12ClF2N3O3/c1-9-12(8-25-14-4-3-11(19)6-13(14)20)16(23-26-9)17(24)22-15-5-2-10(18)7-21-15/h2-7H,8H2,1H3,(H,21,22,24). The molecule has 2 heterocycles. The van der Waals surface area contributed by atoms with Crippen molar-refractivity contribution in [1.82, 2.24) is 10.1 Å². The van der Waals surface area contributed by atoms with Crippen molar-refractivity contribution in [1.29, 1.82) is 0 Å². The van der Waals surface area contributed by atoms with Gasteiger partial charge in [-0.25, -0.2) is 13.8 Å². The normalized spacial score (nSPS) is 10.6. The molecule has 1 N–H and O–H groups in total. The number of aromatic nitrogens is 2. The summed E-state index contributed by atoms with van der Waals surface area (Å²) >= 11 is 5.74. The number of aryl methyl sites for hydroxylation is 1. The number of carbonyl (C=O) groups excluding carboxylic acids is 1. The first kappa shape index (κ1) is 17.8. The Kier molecular flexibility index (Phi) is 5.13. The van der Waals surface area contributed by atoms with Crippen molar-refractivity contribution < 1.29 is 22.8 Å². The van der Waals surface area contributed by atoms with Crippen LogP contribution >= 0.6 is 11.6 Å². The zero-order valence-corrected chi connectivity index (χ0v) is 14.2. The van der Waals surface area contributed by atoms with Gasteiger partial charge < -0.3 is 14.6 Å². The van der Waals surface area contributed by atoms with Crippen LogP contribution in [0, 0.1) is 18.6 Å². The van der Waals surface area contributed by atoms with Crippen LogP contribution in [0.2, 0.25) is 5.02 Å². The summed E-state index contributed by atoms with van der Waals surface area (Å²) in [5.41, 5.74) is 0.307. The molecule has 0 unspecified atom stereocenters. The minimum Gasteiger partial charge on any atom is -0.486 e. The maximum Gasteiger partial charge on any atom is 0.279 e. The Labute approximate surface area is 151 Å². The van der Waals surface area contributed by atoms with E-state index in [1.54, 1.807) is 13.0 Å². The Morgan fingerprint density at radius 1 is 1.31 bits per heavy atom. The van der Waals surface area contributed by atoms with E-state index in [1.165, 1.54) is 12.3 Å². The molecule has 3 rings (SSSR count). The number of anilines is 1. The van der Waals surface area contributed by atoms with E-state index in [9.17, 15) is 13.6 Å². The van der Waals surface area contributed by atoms with E-state index in [0.717, 1.165) is 12.1 Å². The summed E-state index contributed by atoms with van der Waals surface area (Å²) in [5, 5.41) is 6.68. The predicted octanol–water partition coefficient (Wildman–Crippen LogP) is 4.14. The van der Waals surface area contributed by atoms with Gasteiger partial charge in [-0.15, -0.1) is 0 Å². The molecule has 0 aliphatic heterocycles. The molecular weight excluding hydrogens is 368 g/mol. The maximum absolute atomic E-state index is 13.7. The van der Waals surface area contributed by atoms with E-state index in [-0.39, 0.29) is 23.9 Å². The highest BCUT2D eigenvalue weighted by molar-refractivity contribution is 6.30. The lowest BCUT2D eigenvalue weighted by Gasteiger charge is -2.08. The van der Waals surface area contributed by atoms with Gasteiger partial charge in [0.25, 0.3) is 5.91 Å². The van der Waals surface area contributed by atoms with Crippen molar-refractivity contribution in [2.45, 2.75) is 13.5 Å². The lowest BCUT2D eigenvalue weighted by Crippen LogP contribution is -2.16. The number of pyridine rings is 1. The van der Waals surface area contributed by atoms with Crippen LogP contribution in [-0.2, 0) is 6.61 Å². The van der Waals surface area contributed by atoms with Crippen LogP contribution in [-0.4, -0.2) is 16.0 Å². The molecule has 9 heteroatoms. The number of halogens is 3. The van der Waals surface area contributed by atoms with Crippen molar-refractivity contribution in [3.63, 3.8) is 0 Å². The van der Waals surface area contributed by atoms with Gasteiger partial charge in [0.2, 0.25) is 0 Å². The number of amides is 1. The first-order valence-corrected chi connectivity index (χ1v) is 7.77. The quantitative estimate of drug-likeness (QED) is 0.720. The fourth-order valence-electron chi connectivity index (χ4n) is 2.11. The van der Waals surface area contributed by atoms with Crippen LogP contribution in [0.5, 0.6) is 5.75 Å². The van der Waals surface area contributed by atoms with Crippen LogP contribution in [0.25, 0.3) is 0 Å². The van der Waals surface area contributed by atoms with Crippen LogP contribution < -0.4 is 10.1 Å². The second-order valence-electron chi connectivity index (χ2n) is 5.25. The van der Waals surface area contributed by atoms with E-state index in [1.807, 2.05) is 0 Å². The van der Waals surface area contributed by atoms with Gasteiger partial charge in [-0.3, -0.25) is 4.79 Å². The van der Waals surface area contributed by atoms with Crippen LogP contribution in [0.4, 0.5) is 14.6 Å². The summed E-state index contributed by atoms with van der Waals surface area (Å²) in [6, 6.07) is 6.02. The molecule has 0 aliphatic rings. The molecule has 0 spiro atoms. The summed E-state index contributed by atoms with van der Waals surface area (Å²) in [6.45, 7) is 1.40. The third-order valence-electron chi connectivity index (χ3n) is 3.43. The van der Waals surface area contributed by atoms with Gasteiger partial charge in [-0.1, -0.05) is 16.8 Å². The minimum absolute atomic E-state index is 0.0261. The molecular formula is C17H12ClF2N3O3. The molecule has 1 aromatic carbocycles. The van der Waals surface area contributed by atoms with Crippen molar-refractivity contribution in [2.24, 2.45) is 0 Å². The molecule has 26 heavy (non-hydrogen) atoms. The smallest absolute Gasteiger partial charge is 0.279 e. The SMILES string of the molecule is Cc1onc(C(=O)Nc2ccc(Cl)cn2)c1COc1ccc(F)cc1F. The number of hydrogen-bond donors (Lipinski definition) is 1.